The Bertz CT molecular complexity index is 1120. The minimum atomic E-state index is -0.401. The summed E-state index contributed by atoms with van der Waals surface area (Å²) in [5.74, 6) is 0.884. The van der Waals surface area contributed by atoms with Crippen LogP contribution in [0.5, 0.6) is 11.5 Å². The molecule has 0 bridgehead atoms. The van der Waals surface area contributed by atoms with Crippen LogP contribution in [0.3, 0.4) is 0 Å². The number of ether oxygens (including phenoxy) is 3. The molecule has 1 heterocycles. The average molecular weight is 501 g/mol. The van der Waals surface area contributed by atoms with Gasteiger partial charge in [0, 0.05) is 47.9 Å². The lowest BCUT2D eigenvalue weighted by atomic mass is 10.0. The number of carbonyl (C=O) groups excluding carboxylic acids is 2. The van der Waals surface area contributed by atoms with Gasteiger partial charge in [-0.2, -0.15) is 5.10 Å². The van der Waals surface area contributed by atoms with Gasteiger partial charge in [0.1, 0.15) is 17.6 Å². The van der Waals surface area contributed by atoms with Crippen LogP contribution in [0.15, 0.2) is 12.1 Å². The summed E-state index contributed by atoms with van der Waals surface area (Å²) in [5.41, 5.74) is 3.10. The second kappa shape index (κ2) is 10.4. The van der Waals surface area contributed by atoms with Gasteiger partial charge in [0.2, 0.25) is 5.91 Å². The number of hydrogen-bond donors (Lipinski definition) is 4. The Morgan fingerprint density at radius 1 is 1.17 bits per heavy atom. The molecule has 0 aliphatic heterocycles. The highest BCUT2D eigenvalue weighted by atomic mass is 16.6. The van der Waals surface area contributed by atoms with Crippen LogP contribution in [0.2, 0.25) is 0 Å². The molecule has 0 radical (unpaired) electrons. The number of fused-ring (bicyclic) bond motifs is 1. The molecule has 36 heavy (non-hydrogen) atoms. The smallest absolute Gasteiger partial charge is 0.407 e. The molecule has 10 heteroatoms. The Morgan fingerprint density at radius 3 is 2.61 bits per heavy atom. The molecule has 196 valence electrons. The molecule has 1 aromatic heterocycles. The zero-order valence-electron chi connectivity index (χ0n) is 21.6. The predicted molar refractivity (Wildman–Crippen MR) is 133 cm³/mol. The van der Waals surface area contributed by atoms with Gasteiger partial charge in [-0.15, -0.1) is 0 Å². The molecule has 1 unspecified atom stereocenters. The number of amides is 2. The normalized spacial score (nSPS) is 21.2. The quantitative estimate of drug-likeness (QED) is 0.454. The molecule has 2 aromatic rings. The second-order valence-electron chi connectivity index (χ2n) is 10.7. The molecule has 3 atom stereocenters. The van der Waals surface area contributed by atoms with Crippen molar-refractivity contribution in [2.24, 2.45) is 5.92 Å². The Morgan fingerprint density at radius 2 is 1.92 bits per heavy atom. The first-order chi connectivity index (χ1) is 17.1. The molecule has 0 saturated heterocycles. The number of nitrogens with zero attached hydrogens (tertiary/aromatic N) is 1. The number of phenolic OH excluding ortho intramolecular Hbond substituents is 1. The van der Waals surface area contributed by atoms with Gasteiger partial charge < -0.3 is 30.0 Å². The number of methoxy groups -OCH3 is 2. The van der Waals surface area contributed by atoms with Crippen LogP contribution in [0.1, 0.15) is 68.3 Å². The van der Waals surface area contributed by atoms with E-state index >= 15 is 0 Å². The van der Waals surface area contributed by atoms with Gasteiger partial charge in [-0.3, -0.25) is 9.89 Å². The first-order valence-electron chi connectivity index (χ1n) is 12.3. The van der Waals surface area contributed by atoms with Crippen molar-refractivity contribution < 1.29 is 28.9 Å². The lowest BCUT2D eigenvalue weighted by Crippen LogP contribution is -2.42. The first-order valence-corrected chi connectivity index (χ1v) is 12.3. The number of benzene rings is 1. The average Bonchev–Trinajstić information content (AvgIpc) is 3.53. The van der Waals surface area contributed by atoms with E-state index in [2.05, 4.69) is 20.8 Å². The second-order valence-corrected chi connectivity index (χ2v) is 10.7. The molecular weight excluding hydrogens is 464 g/mol. The molecule has 2 aliphatic rings. The fraction of sp³-hybridized carbons (Fsp3) is 0.577. The summed E-state index contributed by atoms with van der Waals surface area (Å²) < 4.78 is 16.3. The van der Waals surface area contributed by atoms with Crippen molar-refractivity contribution in [3.63, 3.8) is 0 Å². The predicted octanol–water partition coefficient (Wildman–Crippen LogP) is 3.78. The standard InChI is InChI=1S/C26H36N4O6/c1-26(2,3)28-25(33)36-16-7-6-14(8-16)20-11-23(30-29-20)27-24(32)15-9-17-18(10-15)22(35-5)12-21(31)19(17)13-34-4/h11-12,14-16,31H,6-10,13H2,1-5H3,(H,28,33)(H2,27,29,30,32)/t14-,15?,16+/m0/s1. The molecule has 4 N–H and O–H groups in total. The Balaban J connectivity index is 1.36. The molecule has 4 rings (SSSR count). The van der Waals surface area contributed by atoms with Gasteiger partial charge in [-0.25, -0.2) is 4.79 Å². The molecule has 1 fully saturated rings. The minimum Gasteiger partial charge on any atom is -0.507 e. The van der Waals surface area contributed by atoms with Crippen LogP contribution in [0.4, 0.5) is 10.6 Å². The monoisotopic (exact) mass is 500 g/mol. The first kappa shape index (κ1) is 25.8. The van der Waals surface area contributed by atoms with E-state index in [-0.39, 0.29) is 41.7 Å². The number of aromatic nitrogens is 2. The third-order valence-electron chi connectivity index (χ3n) is 6.81. The highest BCUT2D eigenvalue weighted by Gasteiger charge is 2.34. The summed E-state index contributed by atoms with van der Waals surface area (Å²) in [4.78, 5) is 25.2. The van der Waals surface area contributed by atoms with E-state index in [4.69, 9.17) is 14.2 Å². The zero-order chi connectivity index (χ0) is 26.0. The van der Waals surface area contributed by atoms with E-state index in [9.17, 15) is 14.7 Å². The van der Waals surface area contributed by atoms with E-state index in [1.165, 1.54) is 0 Å². The molecule has 2 aliphatic carbocycles. The maximum Gasteiger partial charge on any atom is 0.407 e. The van der Waals surface area contributed by atoms with E-state index < -0.39 is 6.09 Å². The number of rotatable bonds is 7. The van der Waals surface area contributed by atoms with Crippen LogP contribution >= 0.6 is 0 Å². The number of aromatic amines is 1. The minimum absolute atomic E-state index is 0.111. The van der Waals surface area contributed by atoms with Crippen LogP contribution in [-0.4, -0.2) is 53.2 Å². The number of hydrogen-bond acceptors (Lipinski definition) is 7. The van der Waals surface area contributed by atoms with Crippen molar-refractivity contribution in [2.45, 2.75) is 77.0 Å². The van der Waals surface area contributed by atoms with Crippen LogP contribution < -0.4 is 15.4 Å². The zero-order valence-corrected chi connectivity index (χ0v) is 21.6. The van der Waals surface area contributed by atoms with Crippen molar-refractivity contribution in [3.05, 3.63) is 34.5 Å². The summed E-state index contributed by atoms with van der Waals surface area (Å²) in [6.45, 7) is 6.00. The van der Waals surface area contributed by atoms with E-state index in [0.717, 1.165) is 29.7 Å². The fourth-order valence-corrected chi connectivity index (χ4v) is 5.15. The van der Waals surface area contributed by atoms with Crippen molar-refractivity contribution in [2.75, 3.05) is 19.5 Å². The third-order valence-corrected chi connectivity index (χ3v) is 6.81. The molecule has 1 saturated carbocycles. The molecule has 10 nitrogen and oxygen atoms in total. The van der Waals surface area contributed by atoms with Gasteiger partial charge in [0.25, 0.3) is 0 Å². The maximum atomic E-state index is 13.1. The highest BCUT2D eigenvalue weighted by molar-refractivity contribution is 5.93. The Kier molecular flexibility index (Phi) is 7.44. The number of H-pyrrole nitrogens is 1. The van der Waals surface area contributed by atoms with Crippen LogP contribution in [0, 0.1) is 5.92 Å². The number of aromatic hydroxyl groups is 1. The fourth-order valence-electron chi connectivity index (χ4n) is 5.15. The topological polar surface area (TPSA) is 135 Å². The lowest BCUT2D eigenvalue weighted by Gasteiger charge is -2.22. The van der Waals surface area contributed by atoms with Gasteiger partial charge in [-0.05, 0) is 64.0 Å². The summed E-state index contributed by atoms with van der Waals surface area (Å²) in [6.07, 6.45) is 2.80. The van der Waals surface area contributed by atoms with Crippen molar-refractivity contribution in [1.29, 1.82) is 0 Å². The van der Waals surface area contributed by atoms with E-state index in [1.54, 1.807) is 20.3 Å². The lowest BCUT2D eigenvalue weighted by molar-refractivity contribution is -0.119. The summed E-state index contributed by atoms with van der Waals surface area (Å²) in [5, 5.41) is 23.5. The maximum absolute atomic E-state index is 13.1. The SMILES string of the molecule is COCc1c(O)cc(OC)c2c1CC(C(=O)Nc1cc([C@H]3CC[C@@H](OC(=O)NC(C)(C)C)C3)[nH]n1)C2. The van der Waals surface area contributed by atoms with E-state index in [0.29, 0.717) is 36.4 Å². The van der Waals surface area contributed by atoms with Gasteiger partial charge in [0.05, 0.1) is 13.7 Å². The highest BCUT2D eigenvalue weighted by Crippen LogP contribution is 2.41. The molecule has 1 aromatic carbocycles. The van der Waals surface area contributed by atoms with Crippen molar-refractivity contribution >= 4 is 17.8 Å². The van der Waals surface area contributed by atoms with Gasteiger partial charge >= 0.3 is 6.09 Å². The van der Waals surface area contributed by atoms with Gasteiger partial charge in [-0.1, -0.05) is 0 Å². The molecule has 2 amide bonds. The molecular formula is C26H36N4O6. The Labute approximate surface area is 211 Å². The van der Waals surface area contributed by atoms with Crippen LogP contribution in [0.25, 0.3) is 0 Å². The van der Waals surface area contributed by atoms with E-state index in [1.807, 2.05) is 26.8 Å². The molecule has 0 spiro atoms. The summed E-state index contributed by atoms with van der Waals surface area (Å²) >= 11 is 0. The number of alkyl carbamates (subject to hydrolysis) is 1. The number of nitrogens with one attached hydrogen (secondary N) is 3. The Hall–Kier alpha value is -3.27. The summed E-state index contributed by atoms with van der Waals surface area (Å²) in [7, 11) is 3.13. The van der Waals surface area contributed by atoms with Crippen molar-refractivity contribution in [3.8, 4) is 11.5 Å². The third kappa shape index (κ3) is 5.75. The van der Waals surface area contributed by atoms with Crippen molar-refractivity contribution in [1.82, 2.24) is 15.5 Å². The number of anilines is 1. The summed E-state index contributed by atoms with van der Waals surface area (Å²) in [6, 6.07) is 3.43. The van der Waals surface area contributed by atoms with Gasteiger partial charge in [0.15, 0.2) is 5.82 Å². The largest absolute Gasteiger partial charge is 0.507 e. The number of carbonyl (C=O) groups is 2. The van der Waals surface area contributed by atoms with Crippen LogP contribution in [-0.2, 0) is 33.7 Å². The number of phenols is 1.